The number of nitrogens with two attached hydrogens (primary N) is 1. The van der Waals surface area contributed by atoms with Gasteiger partial charge in [-0.1, -0.05) is 90.1 Å². The molecule has 0 radical (unpaired) electrons. The first-order chi connectivity index (χ1) is 25.1. The van der Waals surface area contributed by atoms with Crippen molar-refractivity contribution < 1.29 is 33.9 Å². The van der Waals surface area contributed by atoms with Crippen LogP contribution in [-0.4, -0.2) is 75.4 Å². The summed E-state index contributed by atoms with van der Waals surface area (Å²) < 4.78 is 6.04. The van der Waals surface area contributed by atoms with Gasteiger partial charge < -0.3 is 26.2 Å². The zero-order valence-corrected chi connectivity index (χ0v) is 31.7. The molecule has 1 aliphatic heterocycles. The largest absolute Gasteiger partial charge is 0.493 e. The van der Waals surface area contributed by atoms with Crippen molar-refractivity contribution in [3.8, 4) is 5.75 Å². The number of nitrogens with one attached hydrogen (secondary N) is 2. The van der Waals surface area contributed by atoms with Crippen molar-refractivity contribution in [1.82, 2.24) is 15.5 Å². The highest BCUT2D eigenvalue weighted by atomic mass is 16.6. The van der Waals surface area contributed by atoms with Crippen molar-refractivity contribution in [1.29, 1.82) is 0 Å². The van der Waals surface area contributed by atoms with Crippen LogP contribution in [0.25, 0.3) is 0 Å². The summed E-state index contributed by atoms with van der Waals surface area (Å²) in [5.41, 5.74) is 5.41. The Morgan fingerprint density at radius 1 is 1.04 bits per heavy atom. The highest BCUT2D eigenvalue weighted by Gasteiger charge is 2.58. The molecular formula is C40H57N5O8. The molecular weight excluding hydrogens is 678 g/mol. The number of non-ortho nitro benzene ring substituents is 1. The second-order valence-corrected chi connectivity index (χ2v) is 15.6. The number of hydrogen-bond acceptors (Lipinski definition) is 9. The number of aliphatic hydroxyl groups excluding tert-OH is 1. The van der Waals surface area contributed by atoms with Gasteiger partial charge in [0.15, 0.2) is 0 Å². The predicted molar refractivity (Wildman–Crippen MR) is 201 cm³/mol. The number of nitro benzene ring substituents is 1. The van der Waals surface area contributed by atoms with Gasteiger partial charge >= 0.3 is 0 Å². The number of aliphatic hydroxyl groups is 1. The first-order valence-corrected chi connectivity index (χ1v) is 18.9. The molecule has 2 aliphatic rings. The van der Waals surface area contributed by atoms with Crippen LogP contribution in [0.5, 0.6) is 5.75 Å². The Hall–Kier alpha value is -4.36. The molecule has 290 valence electrons. The summed E-state index contributed by atoms with van der Waals surface area (Å²) >= 11 is 0. The van der Waals surface area contributed by atoms with Gasteiger partial charge in [0.1, 0.15) is 11.3 Å². The van der Waals surface area contributed by atoms with E-state index in [2.05, 4.69) is 10.6 Å². The van der Waals surface area contributed by atoms with Crippen molar-refractivity contribution in [3.05, 3.63) is 69.8 Å². The van der Waals surface area contributed by atoms with E-state index in [0.717, 1.165) is 42.6 Å². The third kappa shape index (κ3) is 10.4. The van der Waals surface area contributed by atoms with Crippen molar-refractivity contribution in [2.45, 2.75) is 122 Å². The average Bonchev–Trinajstić information content (AvgIpc) is 3.54. The fourth-order valence-corrected chi connectivity index (χ4v) is 7.94. The molecule has 0 aromatic heterocycles. The summed E-state index contributed by atoms with van der Waals surface area (Å²) in [7, 11) is 0. The third-order valence-corrected chi connectivity index (χ3v) is 10.4. The highest BCUT2D eigenvalue weighted by molar-refractivity contribution is 6.04. The van der Waals surface area contributed by atoms with E-state index in [1.54, 1.807) is 0 Å². The van der Waals surface area contributed by atoms with Crippen LogP contribution in [0.2, 0.25) is 0 Å². The molecule has 4 amide bonds. The number of imide groups is 1. The van der Waals surface area contributed by atoms with Crippen LogP contribution in [0.4, 0.5) is 5.69 Å². The standard InChI is InChI=1S/C40H57N5O8/c1-25(2)22-40(32-24-53-36-17-16-30(45(51)52)20-31(32)36,44(27(5)46)38(49)33(41)18-28-12-8-6-9-13-28)39(50)43-34(19-29-14-10-7-11-15-29)35(47)21-37(48)42-23-26(3)4/h6,8-9,12-13,16-17,20,25-26,29,32-35,47H,7,10-11,14-15,18-19,21-24,41H2,1-5H3,(H,42,48)(H,43,50)/t32?,33-,34-,35-,40-/m0/s1. The number of benzene rings is 2. The molecule has 0 saturated heterocycles. The number of nitrogens with zero attached hydrogens (tertiary/aromatic N) is 2. The van der Waals surface area contributed by atoms with Gasteiger partial charge in [0.05, 0.1) is 42.1 Å². The van der Waals surface area contributed by atoms with E-state index in [0.29, 0.717) is 24.3 Å². The molecule has 0 spiro atoms. The minimum absolute atomic E-state index is 0.0422. The maximum Gasteiger partial charge on any atom is 0.269 e. The monoisotopic (exact) mass is 735 g/mol. The van der Waals surface area contributed by atoms with E-state index in [1.165, 1.54) is 25.1 Å². The van der Waals surface area contributed by atoms with Crippen LogP contribution < -0.4 is 21.1 Å². The summed E-state index contributed by atoms with van der Waals surface area (Å²) in [6, 6.07) is 11.0. The Morgan fingerprint density at radius 2 is 1.72 bits per heavy atom. The molecule has 13 heteroatoms. The number of carbonyl (C=O) groups excluding carboxylic acids is 4. The molecule has 1 heterocycles. The summed E-state index contributed by atoms with van der Waals surface area (Å²) in [4.78, 5) is 69.3. The van der Waals surface area contributed by atoms with Crippen LogP contribution in [-0.2, 0) is 25.6 Å². The van der Waals surface area contributed by atoms with Gasteiger partial charge in [-0.15, -0.1) is 0 Å². The van der Waals surface area contributed by atoms with E-state index in [1.807, 2.05) is 58.0 Å². The van der Waals surface area contributed by atoms with Crippen LogP contribution >= 0.6 is 0 Å². The zero-order valence-electron chi connectivity index (χ0n) is 31.7. The number of fused-ring (bicyclic) bond motifs is 1. The topological polar surface area (TPSA) is 194 Å². The molecule has 1 fully saturated rings. The molecule has 53 heavy (non-hydrogen) atoms. The molecule has 0 bridgehead atoms. The summed E-state index contributed by atoms with van der Waals surface area (Å²) in [5, 5.41) is 29.5. The Morgan fingerprint density at radius 3 is 2.32 bits per heavy atom. The van der Waals surface area contributed by atoms with Gasteiger partial charge in [-0.3, -0.25) is 34.2 Å². The Bertz CT molecular complexity index is 1590. The number of hydrogen-bond donors (Lipinski definition) is 4. The lowest BCUT2D eigenvalue weighted by atomic mass is 9.72. The number of nitro groups is 1. The Kier molecular flexibility index (Phi) is 14.5. The maximum atomic E-state index is 15.4. The lowest BCUT2D eigenvalue weighted by molar-refractivity contribution is -0.384. The zero-order chi connectivity index (χ0) is 38.9. The fraction of sp³-hybridized carbons (Fsp3) is 0.600. The van der Waals surface area contributed by atoms with E-state index < -0.39 is 52.3 Å². The van der Waals surface area contributed by atoms with Crippen LogP contribution in [0.3, 0.4) is 0 Å². The quantitative estimate of drug-likeness (QED) is 0.131. The van der Waals surface area contributed by atoms with Gasteiger partial charge in [-0.05, 0) is 48.6 Å². The summed E-state index contributed by atoms with van der Waals surface area (Å²) in [6.07, 6.45) is 3.79. The minimum Gasteiger partial charge on any atom is -0.493 e. The van der Waals surface area contributed by atoms with Gasteiger partial charge in [-0.2, -0.15) is 0 Å². The van der Waals surface area contributed by atoms with Gasteiger partial charge in [0.25, 0.3) is 5.69 Å². The lowest BCUT2D eigenvalue weighted by Crippen LogP contribution is -2.69. The van der Waals surface area contributed by atoms with Crippen LogP contribution in [0.15, 0.2) is 48.5 Å². The molecule has 5 N–H and O–H groups in total. The molecule has 2 aromatic carbocycles. The normalized spacial score (nSPS) is 18.6. The van der Waals surface area contributed by atoms with E-state index in [-0.39, 0.29) is 55.2 Å². The minimum atomic E-state index is -1.99. The fourth-order valence-electron chi connectivity index (χ4n) is 7.94. The summed E-state index contributed by atoms with van der Waals surface area (Å²) in [6.45, 7) is 9.10. The molecule has 1 unspecified atom stereocenters. The molecule has 1 aliphatic carbocycles. The van der Waals surface area contributed by atoms with Crippen LogP contribution in [0, 0.1) is 27.9 Å². The predicted octanol–water partition coefficient (Wildman–Crippen LogP) is 4.78. The molecule has 2 aromatic rings. The van der Waals surface area contributed by atoms with Crippen LogP contribution in [0.1, 0.15) is 103 Å². The van der Waals surface area contributed by atoms with Crippen molar-refractivity contribution >= 4 is 29.3 Å². The number of rotatable bonds is 17. The van der Waals surface area contributed by atoms with Gasteiger partial charge in [0.2, 0.25) is 23.6 Å². The smallest absolute Gasteiger partial charge is 0.269 e. The lowest BCUT2D eigenvalue weighted by Gasteiger charge is -2.47. The number of carbonyl (C=O) groups is 4. The molecule has 5 atom stereocenters. The second-order valence-electron chi connectivity index (χ2n) is 15.6. The molecule has 4 rings (SSSR count). The molecule has 1 saturated carbocycles. The van der Waals surface area contributed by atoms with E-state index in [4.69, 9.17) is 10.5 Å². The van der Waals surface area contributed by atoms with E-state index >= 15 is 4.79 Å². The van der Waals surface area contributed by atoms with Gasteiger partial charge in [0, 0.05) is 31.2 Å². The Balaban J connectivity index is 1.85. The van der Waals surface area contributed by atoms with E-state index in [9.17, 15) is 29.6 Å². The SMILES string of the molecule is CC(=O)N(C(=O)[C@@H](N)Cc1ccccc1)[C@](CC(C)C)(C(=O)N[C@@H](CC1CCCCC1)[C@@H](O)CC(=O)NCC(C)C)C1COc2ccc([N+](=O)[O-])cc21. The van der Waals surface area contributed by atoms with Gasteiger partial charge in [-0.25, -0.2) is 0 Å². The Labute approximate surface area is 312 Å². The average molecular weight is 736 g/mol. The van der Waals surface area contributed by atoms with Crippen molar-refractivity contribution in [2.24, 2.45) is 23.5 Å². The first-order valence-electron chi connectivity index (χ1n) is 18.9. The highest BCUT2D eigenvalue weighted by Crippen LogP contribution is 2.48. The van der Waals surface area contributed by atoms with Crippen molar-refractivity contribution in [2.75, 3.05) is 13.2 Å². The van der Waals surface area contributed by atoms with Crippen molar-refractivity contribution in [3.63, 3.8) is 0 Å². The summed E-state index contributed by atoms with van der Waals surface area (Å²) in [5.74, 6) is -3.25. The number of amides is 4. The second kappa shape index (κ2) is 18.6. The number of ether oxygens (including phenoxy) is 1. The first kappa shape index (κ1) is 41.4. The molecule has 13 nitrogen and oxygen atoms in total. The maximum absolute atomic E-state index is 15.4. The third-order valence-electron chi connectivity index (χ3n) is 10.4.